The number of hydrogen-bond donors (Lipinski definition) is 1. The molecule has 1 heterocycles. The molecule has 1 aliphatic heterocycles. The summed E-state index contributed by atoms with van der Waals surface area (Å²) in [6.45, 7) is 3.82. The molecule has 2 nitrogen and oxygen atoms in total. The largest absolute Gasteiger partial charge is 0.418 e. The molecule has 1 N–H and O–H groups in total. The van der Waals surface area contributed by atoms with Crippen molar-refractivity contribution in [2.24, 2.45) is 5.92 Å². The van der Waals surface area contributed by atoms with Crippen LogP contribution in [0.4, 0.5) is 18.9 Å². The summed E-state index contributed by atoms with van der Waals surface area (Å²) in [6.07, 6.45) is -4.20. The van der Waals surface area contributed by atoms with Gasteiger partial charge in [-0.1, -0.05) is 26.0 Å². The molecular weight excluding hydrogens is 243 g/mol. The molecule has 1 unspecified atom stereocenters. The van der Waals surface area contributed by atoms with Crippen LogP contribution < -0.4 is 5.32 Å². The van der Waals surface area contributed by atoms with E-state index in [0.29, 0.717) is 5.56 Å². The molecule has 0 aromatic heterocycles. The molecule has 0 aliphatic carbocycles. The molecule has 0 radical (unpaired) electrons. The number of para-hydroxylation sites is 1. The number of hydrogen-bond acceptors (Lipinski definition) is 1. The Hall–Kier alpha value is -1.52. The van der Waals surface area contributed by atoms with Crippen LogP contribution >= 0.6 is 0 Å². The molecule has 5 heteroatoms. The molecule has 1 aromatic carbocycles. The summed E-state index contributed by atoms with van der Waals surface area (Å²) in [5.74, 6) is -0.382. The van der Waals surface area contributed by atoms with Crippen molar-refractivity contribution in [1.82, 2.24) is 0 Å². The van der Waals surface area contributed by atoms with Crippen LogP contribution in [-0.2, 0) is 11.0 Å². The summed E-state index contributed by atoms with van der Waals surface area (Å²) < 4.78 is 38.6. The van der Waals surface area contributed by atoms with E-state index in [0.717, 1.165) is 6.07 Å². The fraction of sp³-hybridized carbons (Fsp3) is 0.462. The number of rotatable bonds is 1. The molecule has 98 valence electrons. The third-order valence-electron chi connectivity index (χ3n) is 3.28. The summed E-state index contributed by atoms with van der Waals surface area (Å²) in [4.78, 5) is 11.5. The van der Waals surface area contributed by atoms with Gasteiger partial charge in [-0.25, -0.2) is 0 Å². The van der Waals surface area contributed by atoms with E-state index >= 15 is 0 Å². The molecule has 1 amide bonds. The van der Waals surface area contributed by atoms with Crippen molar-refractivity contribution in [3.05, 3.63) is 29.3 Å². The molecule has 0 saturated carbocycles. The average Bonchev–Trinajstić information content (AvgIpc) is 2.25. The summed E-state index contributed by atoms with van der Waals surface area (Å²) >= 11 is 0. The zero-order chi connectivity index (χ0) is 13.5. The maximum atomic E-state index is 12.9. The second-order valence-electron chi connectivity index (χ2n) is 4.87. The molecule has 0 saturated heterocycles. The SMILES string of the molecule is CC(C)C1CC(=O)Nc2c1cccc2C(F)(F)F. The number of benzene rings is 1. The summed E-state index contributed by atoms with van der Waals surface area (Å²) in [5.41, 5.74) is -0.252. The van der Waals surface area contributed by atoms with Gasteiger partial charge in [0.15, 0.2) is 0 Å². The highest BCUT2D eigenvalue weighted by molar-refractivity contribution is 5.95. The summed E-state index contributed by atoms with van der Waals surface area (Å²) in [7, 11) is 0. The van der Waals surface area contributed by atoms with Gasteiger partial charge < -0.3 is 5.32 Å². The quantitative estimate of drug-likeness (QED) is 0.814. The van der Waals surface area contributed by atoms with Crippen LogP contribution in [0.5, 0.6) is 0 Å². The molecule has 1 aromatic rings. The highest BCUT2D eigenvalue weighted by Gasteiger charge is 2.38. The first-order chi connectivity index (χ1) is 8.30. The van der Waals surface area contributed by atoms with Crippen molar-refractivity contribution < 1.29 is 18.0 Å². The first-order valence-electron chi connectivity index (χ1n) is 5.80. The minimum Gasteiger partial charge on any atom is -0.325 e. The fourth-order valence-electron chi connectivity index (χ4n) is 2.35. The lowest BCUT2D eigenvalue weighted by molar-refractivity contribution is -0.137. The van der Waals surface area contributed by atoms with E-state index in [2.05, 4.69) is 5.32 Å². The van der Waals surface area contributed by atoms with E-state index in [1.807, 2.05) is 13.8 Å². The zero-order valence-corrected chi connectivity index (χ0v) is 10.1. The monoisotopic (exact) mass is 257 g/mol. The van der Waals surface area contributed by atoms with Gasteiger partial charge in [-0.2, -0.15) is 13.2 Å². The lowest BCUT2D eigenvalue weighted by atomic mass is 9.81. The van der Waals surface area contributed by atoms with Crippen LogP contribution in [0.3, 0.4) is 0 Å². The average molecular weight is 257 g/mol. The normalized spacial score (nSPS) is 19.7. The van der Waals surface area contributed by atoms with Crippen molar-refractivity contribution in [3.8, 4) is 0 Å². The first-order valence-corrected chi connectivity index (χ1v) is 5.80. The number of fused-ring (bicyclic) bond motifs is 1. The molecule has 0 bridgehead atoms. The second kappa shape index (κ2) is 4.30. The van der Waals surface area contributed by atoms with Crippen molar-refractivity contribution in [3.63, 3.8) is 0 Å². The zero-order valence-electron chi connectivity index (χ0n) is 10.1. The molecule has 1 aliphatic rings. The first kappa shape index (κ1) is 12.9. The van der Waals surface area contributed by atoms with Crippen LogP contribution in [0, 0.1) is 5.92 Å². The summed E-state index contributed by atoms with van der Waals surface area (Å²) in [6, 6.07) is 4.06. The molecule has 18 heavy (non-hydrogen) atoms. The minimum absolute atomic E-state index is 0.0695. The van der Waals surface area contributed by atoms with Gasteiger partial charge >= 0.3 is 6.18 Å². The second-order valence-corrected chi connectivity index (χ2v) is 4.87. The Morgan fingerprint density at radius 2 is 2.00 bits per heavy atom. The third-order valence-corrected chi connectivity index (χ3v) is 3.28. The van der Waals surface area contributed by atoms with Gasteiger partial charge in [-0.15, -0.1) is 0 Å². The predicted molar refractivity (Wildman–Crippen MR) is 62.3 cm³/mol. The number of amides is 1. The molecule has 0 spiro atoms. The Morgan fingerprint density at radius 1 is 1.33 bits per heavy atom. The van der Waals surface area contributed by atoms with Gasteiger partial charge in [0.25, 0.3) is 0 Å². The Balaban J connectivity index is 2.58. The van der Waals surface area contributed by atoms with Crippen LogP contribution in [0.15, 0.2) is 18.2 Å². The van der Waals surface area contributed by atoms with Crippen molar-refractivity contribution in [2.45, 2.75) is 32.4 Å². The summed E-state index contributed by atoms with van der Waals surface area (Å²) in [5, 5.41) is 2.36. The number of carbonyl (C=O) groups excluding carboxylic acids is 1. The number of halogens is 3. The predicted octanol–water partition coefficient (Wildman–Crippen LogP) is 3.79. The van der Waals surface area contributed by atoms with E-state index in [9.17, 15) is 18.0 Å². The van der Waals surface area contributed by atoms with Crippen molar-refractivity contribution >= 4 is 11.6 Å². The van der Waals surface area contributed by atoms with Gasteiger partial charge in [0.1, 0.15) is 0 Å². The van der Waals surface area contributed by atoms with Crippen molar-refractivity contribution in [2.75, 3.05) is 5.32 Å². The number of alkyl halides is 3. The van der Waals surface area contributed by atoms with E-state index in [1.54, 1.807) is 6.07 Å². The smallest absolute Gasteiger partial charge is 0.325 e. The van der Waals surface area contributed by atoms with E-state index < -0.39 is 11.7 Å². The number of carbonyl (C=O) groups is 1. The third kappa shape index (κ3) is 2.21. The Labute approximate surface area is 103 Å². The standard InChI is InChI=1S/C13H14F3NO/c1-7(2)9-6-11(18)17-12-8(9)4-3-5-10(12)13(14,15)16/h3-5,7,9H,6H2,1-2H3,(H,17,18). The number of nitrogens with one attached hydrogen (secondary N) is 1. The maximum absolute atomic E-state index is 12.9. The lowest BCUT2D eigenvalue weighted by Crippen LogP contribution is -2.27. The molecule has 0 fully saturated rings. The highest BCUT2D eigenvalue weighted by atomic mass is 19.4. The maximum Gasteiger partial charge on any atom is 0.418 e. The Kier molecular flexibility index (Phi) is 3.09. The van der Waals surface area contributed by atoms with Crippen LogP contribution in [0.25, 0.3) is 0 Å². The highest BCUT2D eigenvalue weighted by Crippen LogP contribution is 2.43. The topological polar surface area (TPSA) is 29.1 Å². The van der Waals surface area contributed by atoms with E-state index in [-0.39, 0.29) is 29.9 Å². The fourth-order valence-corrected chi connectivity index (χ4v) is 2.35. The van der Waals surface area contributed by atoms with Gasteiger partial charge in [0.2, 0.25) is 5.91 Å². The van der Waals surface area contributed by atoms with Gasteiger partial charge in [-0.05, 0) is 23.5 Å². The van der Waals surface area contributed by atoms with Gasteiger partial charge in [0.05, 0.1) is 11.3 Å². The molecule has 2 rings (SSSR count). The van der Waals surface area contributed by atoms with Gasteiger partial charge in [-0.3, -0.25) is 4.79 Å². The van der Waals surface area contributed by atoms with Crippen LogP contribution in [0.2, 0.25) is 0 Å². The van der Waals surface area contributed by atoms with Crippen LogP contribution in [0.1, 0.15) is 37.3 Å². The van der Waals surface area contributed by atoms with E-state index in [4.69, 9.17) is 0 Å². The molecule has 1 atom stereocenters. The number of anilines is 1. The Bertz CT molecular complexity index is 480. The van der Waals surface area contributed by atoms with Crippen molar-refractivity contribution in [1.29, 1.82) is 0 Å². The minimum atomic E-state index is -4.45. The lowest BCUT2D eigenvalue weighted by Gasteiger charge is -2.30. The van der Waals surface area contributed by atoms with Gasteiger partial charge in [0, 0.05) is 6.42 Å². The molecular formula is C13H14F3NO. The van der Waals surface area contributed by atoms with E-state index in [1.165, 1.54) is 6.07 Å². The van der Waals surface area contributed by atoms with Crippen LogP contribution in [-0.4, -0.2) is 5.91 Å². The Morgan fingerprint density at radius 3 is 2.56 bits per heavy atom.